The smallest absolute Gasteiger partial charge is 0.240 e. The fourth-order valence-corrected chi connectivity index (χ4v) is 12.6. The van der Waals surface area contributed by atoms with Gasteiger partial charge in [0.15, 0.2) is 0 Å². The average molecular weight is 759 g/mol. The van der Waals surface area contributed by atoms with Crippen LogP contribution in [0.1, 0.15) is 131 Å². The second kappa shape index (κ2) is 18.5. The standard InChI is InChI=1S/C44H78N4O6/c1-27(2)20-34(25-47-18-10-8-9-11-19-47)45-42(51)31-15-12-14-30(21-31)35-17-13-16-32(41(35)53-7)24-48-40(39(29(4)50)38(26-49)54-48)43(52)46-37-23-33-22-36(28(37)3)44(33,5)6/h27-41,49-50H,8-26H2,1-7H3,(H,45,51)(H,46,52)/t28-,29-,30?,31?,32?,33+,34+,35?,36-,37-,38-,39-,40-,41?/m0/s1. The molecule has 5 unspecified atom stereocenters. The van der Waals surface area contributed by atoms with Gasteiger partial charge >= 0.3 is 0 Å². The molecule has 5 saturated carbocycles. The molecule has 0 aromatic carbocycles. The number of carbonyl (C=O) groups is 2. The van der Waals surface area contributed by atoms with E-state index in [0.717, 1.165) is 77.4 Å². The molecule has 0 spiro atoms. The topological polar surface area (TPSA) is 124 Å². The van der Waals surface area contributed by atoms with Crippen molar-refractivity contribution in [1.82, 2.24) is 20.6 Å². The maximum Gasteiger partial charge on any atom is 0.240 e. The molecule has 310 valence electrons. The number of nitrogens with zero attached hydrogens (tertiary/aromatic N) is 2. The first kappa shape index (κ1) is 42.3. The third-order valence-corrected chi connectivity index (χ3v) is 15.7. The van der Waals surface area contributed by atoms with E-state index < -0.39 is 24.2 Å². The Balaban J connectivity index is 1.10. The molecule has 0 radical (unpaired) electrons. The van der Waals surface area contributed by atoms with Gasteiger partial charge in [0.05, 0.1) is 18.8 Å². The maximum absolute atomic E-state index is 14.3. The van der Waals surface area contributed by atoms with Gasteiger partial charge in [-0.15, -0.1) is 0 Å². The molecule has 2 aliphatic heterocycles. The summed E-state index contributed by atoms with van der Waals surface area (Å²) in [7, 11) is 1.82. The first-order chi connectivity index (χ1) is 25.8. The van der Waals surface area contributed by atoms with Crippen molar-refractivity contribution in [2.75, 3.05) is 39.9 Å². The number of fused-ring (bicyclic) bond motifs is 2. The van der Waals surface area contributed by atoms with Gasteiger partial charge in [0.1, 0.15) is 12.1 Å². The van der Waals surface area contributed by atoms with E-state index in [0.29, 0.717) is 47.5 Å². The molecule has 0 aromatic heterocycles. The number of hydrogen-bond acceptors (Lipinski definition) is 8. The second-order valence-corrected chi connectivity index (χ2v) is 20.0. The number of aliphatic hydroxyl groups is 2. The van der Waals surface area contributed by atoms with E-state index >= 15 is 0 Å². The first-order valence-corrected chi connectivity index (χ1v) is 22.4. The molecule has 2 heterocycles. The lowest BCUT2D eigenvalue weighted by Crippen LogP contribution is -2.62. The van der Waals surface area contributed by atoms with Crippen LogP contribution in [-0.4, -0.2) is 108 Å². The highest BCUT2D eigenvalue weighted by molar-refractivity contribution is 5.83. The van der Waals surface area contributed by atoms with Gasteiger partial charge in [-0.05, 0) is 119 Å². The van der Waals surface area contributed by atoms with Gasteiger partial charge in [0.2, 0.25) is 11.8 Å². The van der Waals surface area contributed by atoms with E-state index in [4.69, 9.17) is 9.57 Å². The summed E-state index contributed by atoms with van der Waals surface area (Å²) < 4.78 is 6.39. The van der Waals surface area contributed by atoms with Gasteiger partial charge in [-0.25, -0.2) is 0 Å². The van der Waals surface area contributed by atoms with Crippen LogP contribution < -0.4 is 10.6 Å². The summed E-state index contributed by atoms with van der Waals surface area (Å²) >= 11 is 0. The molecular formula is C44H78N4O6. The summed E-state index contributed by atoms with van der Waals surface area (Å²) in [5, 5.41) is 30.2. The highest BCUT2D eigenvalue weighted by Crippen LogP contribution is 2.61. The van der Waals surface area contributed by atoms with Crippen LogP contribution in [0.15, 0.2) is 0 Å². The Morgan fingerprint density at radius 2 is 1.67 bits per heavy atom. The van der Waals surface area contributed by atoms with E-state index in [1.807, 2.05) is 7.11 Å². The summed E-state index contributed by atoms with van der Waals surface area (Å²) in [4.78, 5) is 37.2. The number of nitrogens with one attached hydrogen (secondary N) is 2. The number of ether oxygens (including phenoxy) is 1. The normalized spacial score (nSPS) is 40.0. The van der Waals surface area contributed by atoms with Crippen molar-refractivity contribution in [2.45, 2.75) is 168 Å². The highest BCUT2D eigenvalue weighted by atomic mass is 16.7. The average Bonchev–Trinajstić information content (AvgIpc) is 3.31. The zero-order chi connectivity index (χ0) is 38.7. The molecule has 7 rings (SSSR count). The lowest BCUT2D eigenvalue weighted by Gasteiger charge is -2.62. The highest BCUT2D eigenvalue weighted by Gasteiger charge is 2.58. The molecular weight excluding hydrogens is 681 g/mol. The SMILES string of the molecule is COC1C(CN2O[C@@H](CO)[C@H]([C@H](C)O)[C@H]2C(=O)N[C@H]2C[C@H]3C[C@@H]([C@@H]2C)C3(C)C)CCCC1C1CCCC(C(=O)N[C@H](CC(C)C)CN2CCCCCC2)C1. The molecule has 0 aromatic rings. The monoisotopic (exact) mass is 759 g/mol. The minimum absolute atomic E-state index is 0.0134. The molecule has 54 heavy (non-hydrogen) atoms. The van der Waals surface area contributed by atoms with Crippen molar-refractivity contribution in [3.63, 3.8) is 0 Å². The van der Waals surface area contributed by atoms with Crippen molar-refractivity contribution < 1.29 is 29.4 Å². The van der Waals surface area contributed by atoms with Gasteiger partial charge in [0.25, 0.3) is 0 Å². The van der Waals surface area contributed by atoms with E-state index in [1.54, 1.807) is 12.0 Å². The Morgan fingerprint density at radius 1 is 0.944 bits per heavy atom. The fraction of sp³-hybridized carbons (Fsp3) is 0.955. The molecule has 5 aliphatic carbocycles. The number of hydrogen-bond donors (Lipinski definition) is 4. The van der Waals surface area contributed by atoms with Gasteiger partial charge in [-0.1, -0.05) is 66.7 Å². The summed E-state index contributed by atoms with van der Waals surface area (Å²) in [5.74, 6) is 2.68. The molecule has 7 fully saturated rings. The van der Waals surface area contributed by atoms with Gasteiger partial charge < -0.3 is 30.5 Å². The van der Waals surface area contributed by atoms with Gasteiger partial charge in [-0.3, -0.25) is 14.4 Å². The van der Waals surface area contributed by atoms with Crippen LogP contribution >= 0.6 is 0 Å². The maximum atomic E-state index is 14.3. The number of carbonyl (C=O) groups excluding carboxylic acids is 2. The predicted octanol–water partition coefficient (Wildman–Crippen LogP) is 5.79. The first-order valence-electron chi connectivity index (χ1n) is 22.4. The Labute approximate surface area is 327 Å². The van der Waals surface area contributed by atoms with Gasteiger partial charge in [-0.2, -0.15) is 5.06 Å². The van der Waals surface area contributed by atoms with Crippen molar-refractivity contribution in [3.8, 4) is 0 Å². The van der Waals surface area contributed by atoms with Crippen molar-refractivity contribution in [3.05, 3.63) is 0 Å². The number of hydroxylamine groups is 2. The largest absolute Gasteiger partial charge is 0.394 e. The zero-order valence-corrected chi connectivity index (χ0v) is 35.0. The molecule has 14 atom stereocenters. The number of rotatable bonds is 14. The Morgan fingerprint density at radius 3 is 2.30 bits per heavy atom. The van der Waals surface area contributed by atoms with Crippen molar-refractivity contribution >= 4 is 11.8 Å². The van der Waals surface area contributed by atoms with E-state index in [1.165, 1.54) is 32.1 Å². The fourth-order valence-electron chi connectivity index (χ4n) is 12.6. The van der Waals surface area contributed by atoms with Crippen LogP contribution in [0.2, 0.25) is 0 Å². The zero-order valence-electron chi connectivity index (χ0n) is 35.0. The van der Waals surface area contributed by atoms with Crippen molar-refractivity contribution in [2.24, 2.45) is 58.7 Å². The van der Waals surface area contributed by atoms with E-state index in [-0.39, 0.29) is 48.4 Å². The van der Waals surface area contributed by atoms with Crippen LogP contribution in [0.5, 0.6) is 0 Å². The minimum atomic E-state index is -0.814. The quantitative estimate of drug-likeness (QED) is 0.176. The third kappa shape index (κ3) is 9.36. The molecule has 10 nitrogen and oxygen atoms in total. The molecule has 2 amide bonds. The van der Waals surface area contributed by atoms with Crippen LogP contribution in [0, 0.1) is 58.7 Å². The summed E-state index contributed by atoms with van der Waals surface area (Å²) in [6.45, 7) is 16.8. The number of likely N-dealkylation sites (tertiary alicyclic amines) is 1. The van der Waals surface area contributed by atoms with Crippen LogP contribution in [-0.2, 0) is 19.2 Å². The Hall–Kier alpha value is -1.30. The van der Waals surface area contributed by atoms with Crippen LogP contribution in [0.4, 0.5) is 0 Å². The summed E-state index contributed by atoms with van der Waals surface area (Å²) in [6.07, 6.45) is 14.1. The number of methoxy groups -OCH3 is 1. The third-order valence-electron chi connectivity index (χ3n) is 15.7. The van der Waals surface area contributed by atoms with Crippen LogP contribution in [0.25, 0.3) is 0 Å². The number of amides is 2. The van der Waals surface area contributed by atoms with E-state index in [9.17, 15) is 19.8 Å². The van der Waals surface area contributed by atoms with Gasteiger partial charge in [0, 0.05) is 50.0 Å². The predicted molar refractivity (Wildman–Crippen MR) is 212 cm³/mol. The lowest BCUT2D eigenvalue weighted by atomic mass is 9.45. The summed E-state index contributed by atoms with van der Waals surface area (Å²) in [5.41, 5.74) is 0.324. The number of aliphatic hydroxyl groups excluding tert-OH is 2. The van der Waals surface area contributed by atoms with Crippen molar-refractivity contribution in [1.29, 1.82) is 0 Å². The summed E-state index contributed by atoms with van der Waals surface area (Å²) in [6, 6.07) is -0.384. The van der Waals surface area contributed by atoms with E-state index in [2.05, 4.69) is 50.2 Å². The Bertz CT molecular complexity index is 1220. The molecule has 7 aliphatic rings. The molecule has 4 N–H and O–H groups in total. The lowest BCUT2D eigenvalue weighted by molar-refractivity contribution is -0.193. The Kier molecular flexibility index (Phi) is 14.5. The minimum Gasteiger partial charge on any atom is -0.394 e. The molecule has 2 bridgehead atoms. The molecule has 2 saturated heterocycles. The van der Waals surface area contributed by atoms with Crippen LogP contribution in [0.3, 0.4) is 0 Å². The molecule has 10 heteroatoms. The second-order valence-electron chi connectivity index (χ2n) is 20.0.